The molecular weight excluding hydrogens is 432 g/mol. The van der Waals surface area contributed by atoms with E-state index in [2.05, 4.69) is 127 Å². The van der Waals surface area contributed by atoms with Gasteiger partial charge in [-0.3, -0.25) is 0 Å². The molecule has 0 spiro atoms. The van der Waals surface area contributed by atoms with Gasteiger partial charge in [0.25, 0.3) is 0 Å². The molecule has 9 unspecified atom stereocenters. The van der Waals surface area contributed by atoms with Crippen LogP contribution in [0.4, 0.5) is 0 Å². The third-order valence-electron chi connectivity index (χ3n) is 16.1. The van der Waals surface area contributed by atoms with Gasteiger partial charge in [-0.25, -0.2) is 0 Å². The molecular formula is C36H52. The molecule has 1 aromatic carbocycles. The number of rotatable bonds is 0. The first-order valence-electron chi connectivity index (χ1n) is 14.5. The van der Waals surface area contributed by atoms with Crippen LogP contribution in [0.2, 0.25) is 0 Å². The van der Waals surface area contributed by atoms with Crippen LogP contribution < -0.4 is 0 Å². The van der Waals surface area contributed by atoms with Crippen LogP contribution in [0.1, 0.15) is 120 Å². The normalized spacial score (nSPS) is 49.5. The monoisotopic (exact) mass is 484 g/mol. The minimum Gasteiger partial charge on any atom is -0.120 e. The van der Waals surface area contributed by atoms with Gasteiger partial charge in [0, 0.05) is 5.41 Å². The second-order valence-corrected chi connectivity index (χ2v) is 15.8. The van der Waals surface area contributed by atoms with Crippen LogP contribution in [0.5, 0.6) is 0 Å². The van der Waals surface area contributed by atoms with Crippen LogP contribution in [0.3, 0.4) is 0 Å². The fraction of sp³-hybridized carbons (Fsp3) is 0.722. The molecule has 0 saturated heterocycles. The summed E-state index contributed by atoms with van der Waals surface area (Å²) in [6.07, 6.45) is 4.60. The van der Waals surface area contributed by atoms with Gasteiger partial charge in [-0.2, -0.15) is 0 Å². The molecule has 0 aromatic heterocycles. The smallest absolute Gasteiger partial charge is 0.00149 e. The molecule has 9 atom stereocenters. The first-order valence-corrected chi connectivity index (χ1v) is 14.5. The molecule has 0 nitrogen and oxygen atoms in total. The first kappa shape index (κ1) is 26.1. The van der Waals surface area contributed by atoms with Crippen LogP contribution in [0.15, 0.2) is 35.4 Å². The Bertz CT molecular complexity index is 1210. The highest BCUT2D eigenvalue weighted by Crippen LogP contribution is 2.93. The summed E-state index contributed by atoms with van der Waals surface area (Å²) in [6.45, 7) is 35.8. The lowest BCUT2D eigenvalue weighted by Crippen LogP contribution is -2.56. The molecule has 3 saturated carbocycles. The lowest BCUT2D eigenvalue weighted by atomic mass is 9.41. The third kappa shape index (κ3) is 2.02. The molecule has 5 aliphatic carbocycles. The van der Waals surface area contributed by atoms with Gasteiger partial charge in [-0.05, 0) is 94.0 Å². The van der Waals surface area contributed by atoms with Crippen LogP contribution in [0.25, 0.3) is 0 Å². The van der Waals surface area contributed by atoms with Crippen molar-refractivity contribution >= 4 is 0 Å². The molecule has 4 bridgehead atoms. The summed E-state index contributed by atoms with van der Waals surface area (Å²) in [7, 11) is 0. The highest BCUT2D eigenvalue weighted by atomic mass is 14.9. The minimum atomic E-state index is 0.219. The molecule has 1 aromatic rings. The second-order valence-electron chi connectivity index (χ2n) is 15.8. The number of terminal acetylenes is 1. The third-order valence-corrected chi connectivity index (χ3v) is 16.1. The largest absolute Gasteiger partial charge is 0.120 e. The maximum Gasteiger partial charge on any atom is 0.00149 e. The van der Waals surface area contributed by atoms with Gasteiger partial charge < -0.3 is 0 Å². The molecule has 5 aliphatic rings. The Labute approximate surface area is 223 Å². The van der Waals surface area contributed by atoms with E-state index in [-0.39, 0.29) is 21.7 Å². The Morgan fingerprint density at radius 3 is 1.64 bits per heavy atom. The van der Waals surface area contributed by atoms with Gasteiger partial charge in [0.15, 0.2) is 0 Å². The van der Waals surface area contributed by atoms with Crippen molar-refractivity contribution in [3.63, 3.8) is 0 Å². The highest BCUT2D eigenvalue weighted by molar-refractivity contribution is 5.56. The van der Waals surface area contributed by atoms with E-state index < -0.39 is 0 Å². The number of benzene rings is 1. The quantitative estimate of drug-likeness (QED) is 0.254. The van der Waals surface area contributed by atoms with Gasteiger partial charge >= 0.3 is 0 Å². The zero-order chi connectivity index (χ0) is 27.2. The lowest BCUT2D eigenvalue weighted by Gasteiger charge is -2.62. The molecule has 0 radical (unpaired) electrons. The molecule has 196 valence electrons. The van der Waals surface area contributed by atoms with Gasteiger partial charge in [-0.15, -0.1) is 12.3 Å². The Balaban J connectivity index is 0.000000848. The zero-order valence-electron chi connectivity index (χ0n) is 25.8. The summed E-state index contributed by atoms with van der Waals surface area (Å²) in [5, 5.41) is 0. The van der Waals surface area contributed by atoms with Crippen molar-refractivity contribution in [2.24, 2.45) is 55.7 Å². The Morgan fingerprint density at radius 1 is 0.694 bits per heavy atom. The summed E-state index contributed by atoms with van der Waals surface area (Å²) in [6, 6.07) is 9.76. The maximum atomic E-state index is 4.60. The van der Waals surface area contributed by atoms with E-state index in [1.165, 1.54) is 0 Å². The molecule has 6 rings (SSSR count). The summed E-state index contributed by atoms with van der Waals surface area (Å²) in [5.74, 6) is 5.66. The first-order chi connectivity index (χ1) is 16.4. The van der Waals surface area contributed by atoms with Crippen LogP contribution in [0, 0.1) is 68.0 Å². The number of allylic oxidation sites excluding steroid dienone is 2. The second kappa shape index (κ2) is 6.74. The van der Waals surface area contributed by atoms with Crippen molar-refractivity contribution in [3.8, 4) is 12.3 Å². The molecule has 0 heteroatoms. The van der Waals surface area contributed by atoms with E-state index in [1.54, 1.807) is 29.2 Å². The van der Waals surface area contributed by atoms with Crippen molar-refractivity contribution in [3.05, 3.63) is 46.5 Å². The van der Waals surface area contributed by atoms with Crippen LogP contribution >= 0.6 is 0 Å². The van der Waals surface area contributed by atoms with Crippen molar-refractivity contribution in [2.75, 3.05) is 0 Å². The molecule has 36 heavy (non-hydrogen) atoms. The average Bonchev–Trinajstić information content (AvgIpc) is 3.13. The average molecular weight is 485 g/mol. The standard InChI is InChI=1S/C33H48.C3H4/c1-18-19(2)31(11)25-23(30(18,10)28(31,6)7)21-16-14-15-17-22(21)24-26(25)33(13)27(4,5)20(3)32(24,12)29(33,8)9;1-3-2/h14-17,20,23-26H,1-13H3;1H,2H3. The number of hydrogen-bond donors (Lipinski definition) is 0. The number of fused-ring (bicyclic) bond motifs is 14. The van der Waals surface area contributed by atoms with Crippen LogP contribution in [-0.4, -0.2) is 0 Å². The molecule has 3 fully saturated rings. The van der Waals surface area contributed by atoms with Crippen molar-refractivity contribution < 1.29 is 0 Å². The summed E-state index contributed by atoms with van der Waals surface area (Å²) in [5.41, 5.74) is 8.74. The zero-order valence-corrected chi connectivity index (χ0v) is 25.8. The highest BCUT2D eigenvalue weighted by Gasteiger charge is 2.87. The van der Waals surface area contributed by atoms with Crippen molar-refractivity contribution in [1.82, 2.24) is 0 Å². The predicted octanol–water partition coefficient (Wildman–Crippen LogP) is 9.87. The molecule has 0 aliphatic heterocycles. The predicted molar refractivity (Wildman–Crippen MR) is 155 cm³/mol. The van der Waals surface area contributed by atoms with E-state index in [0.717, 1.165) is 5.92 Å². The molecule has 0 N–H and O–H groups in total. The topological polar surface area (TPSA) is 0 Å². The Hall–Kier alpha value is -1.48. The van der Waals surface area contributed by atoms with Crippen LogP contribution in [-0.2, 0) is 0 Å². The fourth-order valence-electron chi connectivity index (χ4n) is 12.8. The van der Waals surface area contributed by atoms with Crippen molar-refractivity contribution in [2.45, 2.75) is 109 Å². The van der Waals surface area contributed by atoms with Gasteiger partial charge in [-0.1, -0.05) is 112 Å². The van der Waals surface area contributed by atoms with Gasteiger partial charge in [0.1, 0.15) is 0 Å². The van der Waals surface area contributed by atoms with E-state index >= 15 is 0 Å². The Morgan fingerprint density at radius 2 is 1.14 bits per heavy atom. The van der Waals surface area contributed by atoms with E-state index in [0.29, 0.717) is 39.9 Å². The minimum absolute atomic E-state index is 0.219. The maximum absolute atomic E-state index is 4.60. The van der Waals surface area contributed by atoms with Gasteiger partial charge in [0.2, 0.25) is 0 Å². The summed E-state index contributed by atoms with van der Waals surface area (Å²) >= 11 is 0. The van der Waals surface area contributed by atoms with E-state index in [1.807, 2.05) is 0 Å². The summed E-state index contributed by atoms with van der Waals surface area (Å²) in [4.78, 5) is 0. The van der Waals surface area contributed by atoms with Gasteiger partial charge in [0.05, 0.1) is 0 Å². The SMILES string of the molecule is C#CC.CC1=C(C)C2(C)C3C(c4ccccc4C4C3C3(C)C(C)(C)C(C)C4(C)C3(C)C)C1(C)C2(C)C. The van der Waals surface area contributed by atoms with Crippen molar-refractivity contribution in [1.29, 1.82) is 0 Å². The van der Waals surface area contributed by atoms with E-state index in [4.69, 9.17) is 0 Å². The lowest BCUT2D eigenvalue weighted by molar-refractivity contribution is -0.0936. The number of hydrogen-bond acceptors (Lipinski definition) is 0. The Kier molecular flexibility index (Phi) is 4.89. The fourth-order valence-corrected chi connectivity index (χ4v) is 12.8. The molecule has 0 amide bonds. The van der Waals surface area contributed by atoms with E-state index in [9.17, 15) is 0 Å². The molecule has 0 heterocycles. The summed E-state index contributed by atoms with van der Waals surface area (Å²) < 4.78 is 0.